The molecule has 1 aromatic carbocycles. The largest absolute Gasteiger partial charge is 0.595 e. The smallest absolute Gasteiger partial charge is 0.340 e. The van der Waals surface area contributed by atoms with E-state index in [9.17, 15) is 25.1 Å². The zero-order valence-electron chi connectivity index (χ0n) is 14.1. The predicted molar refractivity (Wildman–Crippen MR) is 88.8 cm³/mol. The molecule has 0 spiro atoms. The van der Waals surface area contributed by atoms with Crippen LogP contribution in [0.5, 0.6) is 5.75 Å². The minimum absolute atomic E-state index is 0.0788. The van der Waals surface area contributed by atoms with E-state index < -0.39 is 35.0 Å². The zero-order chi connectivity index (χ0) is 19.7. The van der Waals surface area contributed by atoms with Crippen LogP contribution in [0, 0.1) is 5.21 Å². The Morgan fingerprint density at radius 2 is 2.11 bits per heavy atom. The van der Waals surface area contributed by atoms with Crippen molar-refractivity contribution in [2.75, 3.05) is 7.11 Å². The fourth-order valence-electron chi connectivity index (χ4n) is 2.93. The molecule has 142 valence electrons. The van der Waals surface area contributed by atoms with E-state index in [1.54, 1.807) is 6.07 Å². The highest BCUT2D eigenvalue weighted by molar-refractivity contribution is 5.92. The lowest BCUT2D eigenvalue weighted by Gasteiger charge is -2.28. The van der Waals surface area contributed by atoms with Crippen LogP contribution < -0.4 is 21.1 Å². The molecule has 0 amide bonds. The van der Waals surface area contributed by atoms with Crippen molar-refractivity contribution in [3.63, 3.8) is 0 Å². The lowest BCUT2D eigenvalue weighted by atomic mass is 9.85. The predicted octanol–water partition coefficient (Wildman–Crippen LogP) is -0.597. The van der Waals surface area contributed by atoms with E-state index in [0.717, 1.165) is 13.2 Å². The van der Waals surface area contributed by atoms with Gasteiger partial charge in [-0.1, -0.05) is 18.2 Å². The van der Waals surface area contributed by atoms with Crippen molar-refractivity contribution in [1.29, 1.82) is 0 Å². The van der Waals surface area contributed by atoms with Gasteiger partial charge >= 0.3 is 5.97 Å². The summed E-state index contributed by atoms with van der Waals surface area (Å²) in [5.41, 5.74) is 5.02. The van der Waals surface area contributed by atoms with Crippen molar-refractivity contribution in [2.24, 2.45) is 5.73 Å². The lowest BCUT2D eigenvalue weighted by molar-refractivity contribution is -0.991. The van der Waals surface area contributed by atoms with E-state index in [1.165, 1.54) is 18.2 Å². The highest BCUT2D eigenvalue weighted by atomic mass is 16.8. The first-order valence-corrected chi connectivity index (χ1v) is 7.74. The van der Waals surface area contributed by atoms with Crippen LogP contribution in [0.2, 0.25) is 0 Å². The van der Waals surface area contributed by atoms with Crippen LogP contribution in [0.15, 0.2) is 51.0 Å². The van der Waals surface area contributed by atoms with Crippen molar-refractivity contribution in [3.8, 4) is 5.75 Å². The molecule has 1 aliphatic rings. The van der Waals surface area contributed by atoms with Gasteiger partial charge in [0.15, 0.2) is 11.4 Å². The van der Waals surface area contributed by atoms with Crippen LogP contribution in [-0.4, -0.2) is 23.4 Å². The quantitative estimate of drug-likeness (QED) is 0.404. The molecule has 5 N–H and O–H groups in total. The number of carbonyl (C=O) groups excluding carboxylic acids is 1. The molecule has 0 saturated carbocycles. The van der Waals surface area contributed by atoms with Gasteiger partial charge in [0.25, 0.3) is 0 Å². The molecular formula is C17H16N2O8. The maximum absolute atomic E-state index is 12.3. The minimum atomic E-state index is -1.25. The van der Waals surface area contributed by atoms with E-state index in [1.807, 2.05) is 0 Å². The van der Waals surface area contributed by atoms with Gasteiger partial charge in [-0.2, -0.15) is 5.23 Å². The third-order valence-corrected chi connectivity index (χ3v) is 4.07. The number of fused-ring (bicyclic) bond motifs is 1. The van der Waals surface area contributed by atoms with Gasteiger partial charge in [-0.15, -0.1) is 0 Å². The number of hydrogen-bond acceptors (Lipinski definition) is 9. The Bertz CT molecular complexity index is 979. The summed E-state index contributed by atoms with van der Waals surface area (Å²) < 4.78 is 15.6. The number of nitrogens with two attached hydrogens (primary N) is 1. The molecule has 10 heteroatoms. The second kappa shape index (κ2) is 7.21. The Kier molecular flexibility index (Phi) is 4.97. The number of carbonyl (C=O) groups is 1. The van der Waals surface area contributed by atoms with Crippen LogP contribution in [0.4, 0.5) is 5.69 Å². The monoisotopic (exact) mass is 376 g/mol. The van der Waals surface area contributed by atoms with Gasteiger partial charge in [0.05, 0.1) is 13.0 Å². The number of aliphatic hydroxyl groups excluding tert-OH is 1. The van der Waals surface area contributed by atoms with E-state index >= 15 is 0 Å². The van der Waals surface area contributed by atoms with Crippen LogP contribution in [0.1, 0.15) is 23.0 Å². The number of benzene rings is 1. The van der Waals surface area contributed by atoms with Crippen molar-refractivity contribution < 1.29 is 34.2 Å². The van der Waals surface area contributed by atoms with Crippen LogP contribution in [0.3, 0.4) is 0 Å². The summed E-state index contributed by atoms with van der Waals surface area (Å²) in [4.78, 5) is 24.7. The van der Waals surface area contributed by atoms with Crippen molar-refractivity contribution >= 4 is 11.7 Å². The number of esters is 1. The topological polar surface area (TPSA) is 160 Å². The number of rotatable bonds is 4. The molecule has 0 saturated heterocycles. The van der Waals surface area contributed by atoms with E-state index in [4.69, 9.17) is 19.6 Å². The Morgan fingerprint density at radius 3 is 2.74 bits per heavy atom. The number of nitrogens with one attached hydrogen (secondary N) is 1. The molecular weight excluding hydrogens is 360 g/mol. The molecule has 0 bridgehead atoms. The number of ether oxygens (including phenoxy) is 2. The summed E-state index contributed by atoms with van der Waals surface area (Å²) in [5.74, 6) is -2.96. The van der Waals surface area contributed by atoms with E-state index in [0.29, 0.717) is 0 Å². The molecule has 2 heterocycles. The van der Waals surface area contributed by atoms with Crippen LogP contribution in [0.25, 0.3) is 0 Å². The van der Waals surface area contributed by atoms with Gasteiger partial charge in [0, 0.05) is 17.7 Å². The minimum Gasteiger partial charge on any atom is -0.595 e. The van der Waals surface area contributed by atoms with Gasteiger partial charge in [-0.25, -0.2) is 10.0 Å². The van der Waals surface area contributed by atoms with Crippen molar-refractivity contribution in [3.05, 3.63) is 74.3 Å². The fraction of sp³-hybridized carbons (Fsp3) is 0.176. The molecule has 10 nitrogen and oxygen atoms in total. The Balaban J connectivity index is 2.36. The maximum atomic E-state index is 12.3. The fourth-order valence-corrected chi connectivity index (χ4v) is 2.93. The first-order valence-electron chi connectivity index (χ1n) is 7.74. The van der Waals surface area contributed by atoms with Gasteiger partial charge in [-0.05, 0) is 0 Å². The average Bonchev–Trinajstić information content (AvgIpc) is 2.66. The molecule has 27 heavy (non-hydrogen) atoms. The first-order chi connectivity index (χ1) is 12.9. The van der Waals surface area contributed by atoms with Crippen LogP contribution in [-0.2, 0) is 16.1 Å². The third kappa shape index (κ3) is 3.17. The van der Waals surface area contributed by atoms with Crippen LogP contribution >= 0.6 is 0 Å². The molecule has 2 atom stereocenters. The number of methoxy groups -OCH3 is 1. The van der Waals surface area contributed by atoms with Gasteiger partial charge < -0.3 is 29.9 Å². The lowest BCUT2D eigenvalue weighted by Crippen LogP contribution is -2.99. The molecule has 0 aliphatic carbocycles. The third-order valence-electron chi connectivity index (χ3n) is 4.07. The first kappa shape index (κ1) is 18.6. The molecule has 0 radical (unpaired) electrons. The molecule has 2 aromatic rings. The number of para-hydroxylation sites is 1. The number of hydrogen-bond donors (Lipinski definition) is 4. The summed E-state index contributed by atoms with van der Waals surface area (Å²) in [6.45, 7) is -0.581. The Labute approximate surface area is 152 Å². The van der Waals surface area contributed by atoms with Gasteiger partial charge in [0.1, 0.15) is 17.9 Å². The summed E-state index contributed by atoms with van der Waals surface area (Å²) in [6, 6.07) is 6.90. The second-order valence-electron chi connectivity index (χ2n) is 5.63. The van der Waals surface area contributed by atoms with E-state index in [-0.39, 0.29) is 34.1 Å². The molecule has 1 aliphatic heterocycles. The molecule has 1 unspecified atom stereocenters. The summed E-state index contributed by atoms with van der Waals surface area (Å²) >= 11 is 0. The van der Waals surface area contributed by atoms with Crippen molar-refractivity contribution in [1.82, 2.24) is 0 Å². The maximum Gasteiger partial charge on any atom is 0.340 e. The summed E-state index contributed by atoms with van der Waals surface area (Å²) in [5, 5.41) is 29.3. The highest BCUT2D eigenvalue weighted by Gasteiger charge is 2.41. The molecule has 1 aromatic heterocycles. The van der Waals surface area contributed by atoms with Crippen molar-refractivity contribution in [2.45, 2.75) is 12.5 Å². The normalized spacial score (nSPS) is 17.1. The number of aliphatic hydroxyl groups is 1. The SMILES string of the molecule is COC(=O)C1=C(N)Oc2c(oc(CO)cc2=O)[C@@H]1c1ccccc1[NH+]([O-])O. The Hall–Kier alpha value is -3.18. The van der Waals surface area contributed by atoms with E-state index in [2.05, 4.69) is 0 Å². The highest BCUT2D eigenvalue weighted by Crippen LogP contribution is 2.43. The second-order valence-corrected chi connectivity index (χ2v) is 5.63. The molecule has 0 fully saturated rings. The van der Waals surface area contributed by atoms with Gasteiger partial charge in [0.2, 0.25) is 17.1 Å². The Morgan fingerprint density at radius 1 is 1.41 bits per heavy atom. The van der Waals surface area contributed by atoms with Gasteiger partial charge in [-0.3, -0.25) is 4.79 Å². The average molecular weight is 376 g/mol. The number of quaternary nitrogens is 1. The zero-order valence-corrected chi connectivity index (χ0v) is 14.1. The standard InChI is InChI=1S/C17H16N2O8/c1-25-17(22)13-12(9-4-2-3-5-10(9)19(23)24)15-14(27-16(13)18)11(21)6-8(7-20)26-15/h2-6,12,19-20,23H,7,18H2,1H3/t12-/m1/s1. The summed E-state index contributed by atoms with van der Waals surface area (Å²) in [7, 11) is 1.12. The molecule has 3 rings (SSSR count). The summed E-state index contributed by atoms with van der Waals surface area (Å²) in [6.07, 6.45) is 0.